The molecule has 1 aliphatic rings. The van der Waals surface area contributed by atoms with Crippen LogP contribution >= 0.6 is 0 Å². The van der Waals surface area contributed by atoms with E-state index in [0.717, 1.165) is 5.56 Å². The summed E-state index contributed by atoms with van der Waals surface area (Å²) in [5.41, 5.74) is 1.60. The number of amides is 1. The molecule has 4 heteroatoms. The largest absolute Gasteiger partial charge is 0.369 e. The van der Waals surface area contributed by atoms with Gasteiger partial charge in [-0.25, -0.2) is 0 Å². The van der Waals surface area contributed by atoms with Gasteiger partial charge in [-0.2, -0.15) is 0 Å². The van der Waals surface area contributed by atoms with Gasteiger partial charge in [-0.15, -0.1) is 0 Å². The van der Waals surface area contributed by atoms with Gasteiger partial charge in [0.15, 0.2) is 5.78 Å². The van der Waals surface area contributed by atoms with Crippen molar-refractivity contribution in [2.45, 2.75) is 13.0 Å². The number of hydrogen-bond acceptors (Lipinski definition) is 3. The van der Waals surface area contributed by atoms with Gasteiger partial charge in [-0.1, -0.05) is 18.2 Å². The highest BCUT2D eigenvalue weighted by Crippen LogP contribution is 2.24. The van der Waals surface area contributed by atoms with Crippen LogP contribution in [0.15, 0.2) is 24.3 Å². The molecule has 0 N–H and O–H groups in total. The van der Waals surface area contributed by atoms with Crippen LogP contribution in [0.1, 0.15) is 28.9 Å². The van der Waals surface area contributed by atoms with Gasteiger partial charge in [0.1, 0.15) is 6.61 Å². The van der Waals surface area contributed by atoms with Crippen molar-refractivity contribution in [3.63, 3.8) is 0 Å². The maximum absolute atomic E-state index is 11.5. The Kier molecular flexibility index (Phi) is 3.24. The molecule has 1 amide bonds. The van der Waals surface area contributed by atoms with Crippen molar-refractivity contribution in [3.8, 4) is 0 Å². The lowest BCUT2D eigenvalue weighted by Crippen LogP contribution is -2.41. The lowest BCUT2D eigenvalue weighted by molar-refractivity contribution is -0.146. The summed E-state index contributed by atoms with van der Waals surface area (Å²) >= 11 is 0. The number of nitrogens with zero attached hydrogens (tertiary/aromatic N) is 1. The molecule has 0 bridgehead atoms. The van der Waals surface area contributed by atoms with Gasteiger partial charge >= 0.3 is 0 Å². The number of likely N-dealkylation sites (N-methyl/N-ethyl adjacent to an activating group) is 1. The number of morpholine rings is 1. The van der Waals surface area contributed by atoms with E-state index in [1.807, 2.05) is 18.2 Å². The van der Waals surface area contributed by atoms with Crippen LogP contribution in [0.25, 0.3) is 0 Å². The Balaban J connectivity index is 2.29. The standard InChI is InChI=1S/C13H15NO3/c1-9(15)10-4-3-5-11(6-10)12-7-17-8-13(16)14(12)2/h3-6,12H,7-8H2,1-2H3. The number of ether oxygens (including phenoxy) is 1. The third-order valence-electron chi connectivity index (χ3n) is 3.04. The van der Waals surface area contributed by atoms with E-state index in [9.17, 15) is 9.59 Å². The molecule has 0 saturated carbocycles. The van der Waals surface area contributed by atoms with Gasteiger partial charge in [0.25, 0.3) is 0 Å². The average molecular weight is 233 g/mol. The van der Waals surface area contributed by atoms with Crippen LogP contribution in [0.4, 0.5) is 0 Å². The summed E-state index contributed by atoms with van der Waals surface area (Å²) < 4.78 is 5.24. The Labute approximate surface area is 100 Å². The van der Waals surface area contributed by atoms with Crippen molar-refractivity contribution in [1.82, 2.24) is 4.90 Å². The fourth-order valence-electron chi connectivity index (χ4n) is 1.93. The maximum atomic E-state index is 11.5. The summed E-state index contributed by atoms with van der Waals surface area (Å²) in [5.74, 6) is -0.00737. The van der Waals surface area contributed by atoms with Crippen LogP contribution in [-0.4, -0.2) is 36.9 Å². The molecule has 0 spiro atoms. The fraction of sp³-hybridized carbons (Fsp3) is 0.385. The number of hydrogen-bond donors (Lipinski definition) is 0. The van der Waals surface area contributed by atoms with Crippen molar-refractivity contribution < 1.29 is 14.3 Å². The van der Waals surface area contributed by atoms with Crippen LogP contribution in [0.2, 0.25) is 0 Å². The van der Waals surface area contributed by atoms with Gasteiger partial charge in [0.05, 0.1) is 12.6 Å². The number of carbonyl (C=O) groups is 2. The number of ketones is 1. The lowest BCUT2D eigenvalue weighted by Gasteiger charge is -2.32. The molecule has 1 atom stereocenters. The molecule has 1 aliphatic heterocycles. The Hall–Kier alpha value is -1.68. The van der Waals surface area contributed by atoms with Crippen LogP contribution in [-0.2, 0) is 9.53 Å². The molecule has 17 heavy (non-hydrogen) atoms. The Morgan fingerprint density at radius 3 is 2.94 bits per heavy atom. The molecule has 1 aromatic carbocycles. The molecule has 1 saturated heterocycles. The van der Waals surface area contributed by atoms with Gasteiger partial charge < -0.3 is 9.64 Å². The number of Topliss-reactive ketones (excluding diaryl/α,β-unsaturated/α-hetero) is 1. The monoisotopic (exact) mass is 233 g/mol. The summed E-state index contributed by atoms with van der Waals surface area (Å²) in [7, 11) is 1.76. The summed E-state index contributed by atoms with van der Waals surface area (Å²) in [6, 6.07) is 7.24. The summed E-state index contributed by atoms with van der Waals surface area (Å²) in [4.78, 5) is 24.5. The molecule has 1 fully saturated rings. The van der Waals surface area contributed by atoms with Gasteiger partial charge in [-0.05, 0) is 18.6 Å². The number of benzene rings is 1. The van der Waals surface area contributed by atoms with E-state index in [0.29, 0.717) is 12.2 Å². The number of rotatable bonds is 2. The molecule has 0 aliphatic carbocycles. The zero-order valence-corrected chi connectivity index (χ0v) is 9.97. The highest BCUT2D eigenvalue weighted by Gasteiger charge is 2.26. The second kappa shape index (κ2) is 4.67. The van der Waals surface area contributed by atoms with E-state index < -0.39 is 0 Å². The van der Waals surface area contributed by atoms with E-state index in [1.165, 1.54) is 6.92 Å². The van der Waals surface area contributed by atoms with E-state index in [1.54, 1.807) is 18.0 Å². The van der Waals surface area contributed by atoms with Crippen LogP contribution in [0.5, 0.6) is 0 Å². The second-order valence-corrected chi connectivity index (χ2v) is 4.22. The third kappa shape index (κ3) is 2.36. The van der Waals surface area contributed by atoms with Gasteiger partial charge in [-0.3, -0.25) is 9.59 Å². The average Bonchev–Trinajstić information content (AvgIpc) is 2.33. The molecule has 0 radical (unpaired) electrons. The Morgan fingerprint density at radius 2 is 2.24 bits per heavy atom. The predicted molar refractivity (Wildman–Crippen MR) is 62.8 cm³/mol. The minimum atomic E-state index is -0.101. The summed E-state index contributed by atoms with van der Waals surface area (Å²) in [6.07, 6.45) is 0. The topological polar surface area (TPSA) is 46.6 Å². The van der Waals surface area contributed by atoms with Gasteiger partial charge in [0.2, 0.25) is 5.91 Å². The van der Waals surface area contributed by atoms with E-state index in [4.69, 9.17) is 4.74 Å². The first-order valence-corrected chi connectivity index (χ1v) is 5.54. The van der Waals surface area contributed by atoms with Crippen molar-refractivity contribution in [2.24, 2.45) is 0 Å². The van der Waals surface area contributed by atoms with Crippen LogP contribution < -0.4 is 0 Å². The second-order valence-electron chi connectivity index (χ2n) is 4.22. The van der Waals surface area contributed by atoms with Crippen LogP contribution in [0, 0.1) is 0 Å². The minimum absolute atomic E-state index is 0.0255. The van der Waals surface area contributed by atoms with Crippen molar-refractivity contribution >= 4 is 11.7 Å². The molecular formula is C13H15NO3. The smallest absolute Gasteiger partial charge is 0.248 e. The van der Waals surface area contributed by atoms with Crippen molar-refractivity contribution in [2.75, 3.05) is 20.3 Å². The first kappa shape index (κ1) is 11.8. The third-order valence-corrected chi connectivity index (χ3v) is 3.04. The maximum Gasteiger partial charge on any atom is 0.248 e. The normalized spacial score (nSPS) is 20.5. The van der Waals surface area contributed by atoms with Crippen LogP contribution in [0.3, 0.4) is 0 Å². The highest BCUT2D eigenvalue weighted by molar-refractivity contribution is 5.94. The molecule has 1 heterocycles. The quantitative estimate of drug-likeness (QED) is 0.726. The molecule has 4 nitrogen and oxygen atoms in total. The van der Waals surface area contributed by atoms with Crippen molar-refractivity contribution in [1.29, 1.82) is 0 Å². The fourth-order valence-corrected chi connectivity index (χ4v) is 1.93. The molecule has 2 rings (SSSR count). The molecular weight excluding hydrogens is 218 g/mol. The zero-order valence-electron chi connectivity index (χ0n) is 9.97. The summed E-state index contributed by atoms with van der Waals surface area (Å²) in [6.45, 7) is 2.15. The molecule has 0 aromatic heterocycles. The minimum Gasteiger partial charge on any atom is -0.369 e. The molecule has 1 aromatic rings. The number of carbonyl (C=O) groups excluding carboxylic acids is 2. The van der Waals surface area contributed by atoms with E-state index in [-0.39, 0.29) is 24.3 Å². The molecule has 1 unspecified atom stereocenters. The van der Waals surface area contributed by atoms with E-state index in [2.05, 4.69) is 0 Å². The zero-order chi connectivity index (χ0) is 12.4. The van der Waals surface area contributed by atoms with E-state index >= 15 is 0 Å². The van der Waals surface area contributed by atoms with Crippen molar-refractivity contribution in [3.05, 3.63) is 35.4 Å². The predicted octanol–water partition coefficient (Wildman–Crippen LogP) is 1.42. The lowest BCUT2D eigenvalue weighted by atomic mass is 10.0. The Bertz CT molecular complexity index is 456. The SMILES string of the molecule is CC(=O)c1cccc(C2COCC(=O)N2C)c1. The highest BCUT2D eigenvalue weighted by atomic mass is 16.5. The first-order chi connectivity index (χ1) is 8.09. The van der Waals surface area contributed by atoms with Gasteiger partial charge in [0, 0.05) is 12.6 Å². The summed E-state index contributed by atoms with van der Waals surface area (Å²) in [5, 5.41) is 0. The first-order valence-electron chi connectivity index (χ1n) is 5.54. The Morgan fingerprint density at radius 1 is 1.47 bits per heavy atom. The molecule has 90 valence electrons.